The maximum Gasteiger partial charge on any atom is 0.274 e. The number of sulfonamides is 1. The van der Waals surface area contributed by atoms with Gasteiger partial charge in [-0.2, -0.15) is 0 Å². The zero-order chi connectivity index (χ0) is 18.1. The second kappa shape index (κ2) is 6.77. The van der Waals surface area contributed by atoms with Crippen LogP contribution >= 0.6 is 0 Å². The third kappa shape index (κ3) is 3.34. The summed E-state index contributed by atoms with van der Waals surface area (Å²) in [6.45, 7) is 2.23. The van der Waals surface area contributed by atoms with Gasteiger partial charge in [0.15, 0.2) is 11.5 Å². The van der Waals surface area contributed by atoms with Gasteiger partial charge in [-0.15, -0.1) is 0 Å². The van der Waals surface area contributed by atoms with Gasteiger partial charge < -0.3 is 9.47 Å². The maximum atomic E-state index is 11.4. The molecule has 8 heteroatoms. The highest BCUT2D eigenvalue weighted by Gasteiger charge is 2.34. The van der Waals surface area contributed by atoms with Crippen molar-refractivity contribution in [2.75, 3.05) is 24.7 Å². The molecule has 1 aromatic carbocycles. The minimum absolute atomic E-state index is 0.0765. The van der Waals surface area contributed by atoms with E-state index in [0.29, 0.717) is 13.2 Å². The van der Waals surface area contributed by atoms with Crippen molar-refractivity contribution >= 4 is 15.8 Å². The lowest BCUT2D eigenvalue weighted by atomic mass is 10.0. The van der Waals surface area contributed by atoms with Gasteiger partial charge in [0.2, 0.25) is 10.0 Å². The Labute approximate surface area is 152 Å². The molecule has 7 nitrogen and oxygen atoms in total. The molecular formula is C18H22N3O4S+. The van der Waals surface area contributed by atoms with Crippen LogP contribution in [-0.2, 0) is 10.0 Å². The van der Waals surface area contributed by atoms with E-state index in [-0.39, 0.29) is 10.9 Å². The Morgan fingerprint density at radius 3 is 2.62 bits per heavy atom. The van der Waals surface area contributed by atoms with Crippen LogP contribution < -0.4 is 24.5 Å². The molecule has 3 N–H and O–H groups in total. The van der Waals surface area contributed by atoms with E-state index < -0.39 is 10.0 Å². The largest absolute Gasteiger partial charge is 0.490 e. The minimum Gasteiger partial charge on any atom is -0.490 e. The number of fused-ring (bicyclic) bond motifs is 1. The standard InChI is InChI=1S/C18H21N3O4S/c19-26(22,23)14-5-7-18(20-12-14)21-8-1-3-15(21)13-4-6-16-17(11-13)25-10-2-9-24-16/h4-7,11-12,15H,1-3,8-10H2,(H2,19,22,23)/p+1/t15-/m0/s1. The molecule has 1 aromatic heterocycles. The molecule has 0 amide bonds. The lowest BCUT2D eigenvalue weighted by Crippen LogP contribution is -2.29. The van der Waals surface area contributed by atoms with Gasteiger partial charge in [0.25, 0.3) is 5.82 Å². The second-order valence-corrected chi connectivity index (χ2v) is 8.12. The molecule has 1 saturated heterocycles. The van der Waals surface area contributed by atoms with Gasteiger partial charge in [0.05, 0.1) is 19.8 Å². The van der Waals surface area contributed by atoms with E-state index in [1.54, 1.807) is 6.07 Å². The average molecular weight is 376 g/mol. The molecule has 0 aliphatic carbocycles. The Morgan fingerprint density at radius 1 is 1.08 bits per heavy atom. The van der Waals surface area contributed by atoms with E-state index >= 15 is 0 Å². The van der Waals surface area contributed by atoms with Crippen LogP contribution in [0.15, 0.2) is 41.4 Å². The van der Waals surface area contributed by atoms with Crippen LogP contribution in [0.5, 0.6) is 11.5 Å². The Balaban J connectivity index is 1.62. The topological polar surface area (TPSA) is 96.0 Å². The van der Waals surface area contributed by atoms with Gasteiger partial charge >= 0.3 is 0 Å². The van der Waals surface area contributed by atoms with Crippen LogP contribution in [0, 0.1) is 0 Å². The molecule has 0 unspecified atom stereocenters. The molecular weight excluding hydrogens is 354 g/mol. The number of anilines is 1. The number of rotatable bonds is 3. The molecule has 2 aliphatic heterocycles. The summed E-state index contributed by atoms with van der Waals surface area (Å²) in [4.78, 5) is 5.39. The van der Waals surface area contributed by atoms with E-state index in [1.807, 2.05) is 6.07 Å². The van der Waals surface area contributed by atoms with Crippen molar-refractivity contribution in [1.29, 1.82) is 0 Å². The number of H-pyrrole nitrogens is 1. The fraction of sp³-hybridized carbons (Fsp3) is 0.389. The van der Waals surface area contributed by atoms with Crippen molar-refractivity contribution in [1.82, 2.24) is 0 Å². The fourth-order valence-electron chi connectivity index (χ4n) is 3.55. The first-order valence-corrected chi connectivity index (χ1v) is 10.3. The van der Waals surface area contributed by atoms with Gasteiger partial charge in [-0.25, -0.2) is 18.5 Å². The number of ether oxygens (including phenoxy) is 2. The van der Waals surface area contributed by atoms with Crippen LogP contribution in [0.25, 0.3) is 0 Å². The quantitative estimate of drug-likeness (QED) is 0.879. The first-order chi connectivity index (χ1) is 12.5. The molecule has 0 saturated carbocycles. The number of benzene rings is 1. The van der Waals surface area contributed by atoms with Crippen molar-refractivity contribution in [3.05, 3.63) is 42.1 Å². The summed E-state index contributed by atoms with van der Waals surface area (Å²) in [5, 5.41) is 5.17. The molecule has 2 aliphatic rings. The fourth-order valence-corrected chi connectivity index (χ4v) is 4.03. The number of hydrogen-bond donors (Lipinski definition) is 1. The minimum atomic E-state index is -3.70. The molecule has 138 valence electrons. The predicted octanol–water partition coefficient (Wildman–Crippen LogP) is 1.65. The van der Waals surface area contributed by atoms with Gasteiger partial charge in [-0.1, -0.05) is 6.07 Å². The average Bonchev–Trinajstić information content (AvgIpc) is 3.00. The summed E-state index contributed by atoms with van der Waals surface area (Å²) in [5.41, 5.74) is 1.16. The summed E-state index contributed by atoms with van der Waals surface area (Å²) in [6, 6.07) is 9.60. The predicted molar refractivity (Wildman–Crippen MR) is 95.7 cm³/mol. The lowest BCUT2D eigenvalue weighted by Gasteiger charge is -2.20. The molecule has 0 spiro atoms. The number of pyridine rings is 1. The first kappa shape index (κ1) is 17.1. The number of aromatic amines is 1. The van der Waals surface area contributed by atoms with Crippen molar-refractivity contribution in [3.63, 3.8) is 0 Å². The molecule has 2 aromatic rings. The number of hydrogen-bond acceptors (Lipinski definition) is 5. The third-order valence-corrected chi connectivity index (χ3v) is 5.73. The van der Waals surface area contributed by atoms with Gasteiger partial charge in [-0.05, 0) is 31.0 Å². The van der Waals surface area contributed by atoms with Crippen molar-refractivity contribution in [2.24, 2.45) is 5.14 Å². The molecule has 0 radical (unpaired) electrons. The Hall–Kier alpha value is -2.32. The molecule has 26 heavy (non-hydrogen) atoms. The smallest absolute Gasteiger partial charge is 0.274 e. The monoisotopic (exact) mass is 376 g/mol. The SMILES string of the molecule is NS(=O)(=O)c1ccc(N2CCC[C@H]2c2ccc3c(c2)OCCCO3)[nH+]c1. The zero-order valence-electron chi connectivity index (χ0n) is 14.3. The zero-order valence-corrected chi connectivity index (χ0v) is 15.2. The summed E-state index contributed by atoms with van der Waals surface area (Å²) >= 11 is 0. The van der Waals surface area contributed by atoms with Crippen molar-refractivity contribution < 1.29 is 22.9 Å². The van der Waals surface area contributed by atoms with Crippen LogP contribution in [0.4, 0.5) is 5.82 Å². The van der Waals surface area contributed by atoms with Gasteiger partial charge in [-0.3, -0.25) is 4.90 Å². The Bertz CT molecular complexity index is 899. The molecule has 1 fully saturated rings. The van der Waals surface area contributed by atoms with Gasteiger partial charge in [0.1, 0.15) is 17.1 Å². The lowest BCUT2D eigenvalue weighted by molar-refractivity contribution is -0.367. The number of nitrogens with one attached hydrogen (secondary N) is 1. The number of aromatic nitrogens is 1. The third-order valence-electron chi connectivity index (χ3n) is 4.81. The van der Waals surface area contributed by atoms with E-state index in [2.05, 4.69) is 22.0 Å². The van der Waals surface area contributed by atoms with E-state index in [4.69, 9.17) is 14.6 Å². The summed E-state index contributed by atoms with van der Waals surface area (Å²) in [5.74, 6) is 2.45. The van der Waals surface area contributed by atoms with Crippen LogP contribution in [0.3, 0.4) is 0 Å². The molecule has 3 heterocycles. The highest BCUT2D eigenvalue weighted by atomic mass is 32.2. The van der Waals surface area contributed by atoms with E-state index in [1.165, 1.54) is 12.3 Å². The van der Waals surface area contributed by atoms with Crippen LogP contribution in [0.1, 0.15) is 30.9 Å². The highest BCUT2D eigenvalue weighted by molar-refractivity contribution is 7.89. The Morgan fingerprint density at radius 2 is 1.88 bits per heavy atom. The van der Waals surface area contributed by atoms with E-state index in [9.17, 15) is 8.42 Å². The number of primary sulfonamides is 1. The van der Waals surface area contributed by atoms with Crippen molar-refractivity contribution in [3.8, 4) is 11.5 Å². The summed E-state index contributed by atoms with van der Waals surface area (Å²) < 4.78 is 34.4. The normalized spacial score (nSPS) is 20.0. The van der Waals surface area contributed by atoms with Crippen LogP contribution in [0.2, 0.25) is 0 Å². The number of nitrogens with two attached hydrogens (primary N) is 1. The van der Waals surface area contributed by atoms with Crippen LogP contribution in [-0.4, -0.2) is 28.2 Å². The summed E-state index contributed by atoms with van der Waals surface area (Å²) in [6.07, 6.45) is 4.40. The van der Waals surface area contributed by atoms with Gasteiger partial charge in [0, 0.05) is 18.1 Å². The number of nitrogens with zero attached hydrogens (tertiary/aromatic N) is 1. The maximum absolute atomic E-state index is 11.4. The highest BCUT2D eigenvalue weighted by Crippen LogP contribution is 2.39. The summed E-state index contributed by atoms with van der Waals surface area (Å²) in [7, 11) is -3.70. The molecule has 0 bridgehead atoms. The molecule has 4 rings (SSSR count). The Kier molecular flexibility index (Phi) is 4.46. The van der Waals surface area contributed by atoms with E-state index in [0.717, 1.165) is 48.7 Å². The second-order valence-electron chi connectivity index (χ2n) is 6.56. The first-order valence-electron chi connectivity index (χ1n) is 8.73. The molecule has 1 atom stereocenters. The van der Waals surface area contributed by atoms with Crippen molar-refractivity contribution in [2.45, 2.75) is 30.2 Å².